The lowest BCUT2D eigenvalue weighted by Crippen LogP contribution is -2.29. The Bertz CT molecular complexity index is 2050. The molecular weight excluding hydrogens is 777 g/mol. The first-order chi connectivity index (χ1) is 27.9. The highest BCUT2D eigenvalue weighted by Gasteiger charge is 2.29. The molecule has 0 aliphatic heterocycles. The molecule has 2 aromatic carbocycles. The first-order valence-corrected chi connectivity index (χ1v) is 20.5. The minimum absolute atomic E-state index is 0.0417. The number of aromatic hydroxyl groups is 2. The highest BCUT2D eigenvalue weighted by molar-refractivity contribution is 5.98. The quantitative estimate of drug-likeness (QED) is 0.0387. The van der Waals surface area contributed by atoms with E-state index in [1.54, 1.807) is 58.9 Å². The molecule has 2 rings (SSSR count). The Balaban J connectivity index is 1.82. The van der Waals surface area contributed by atoms with Crippen LogP contribution >= 0.6 is 0 Å². The zero-order valence-corrected chi connectivity index (χ0v) is 38.7. The van der Waals surface area contributed by atoms with Gasteiger partial charge < -0.3 is 29.2 Å². The maximum absolute atomic E-state index is 13.0. The fourth-order valence-corrected chi connectivity index (χ4v) is 5.94. The number of esters is 4. The van der Waals surface area contributed by atoms with Gasteiger partial charge in [0.25, 0.3) is 5.70 Å². The average molecular weight is 843 g/mol. The number of hydrogen-bond donors (Lipinski definition) is 2. The third-order valence-electron chi connectivity index (χ3n) is 9.61. The molecule has 0 bridgehead atoms. The van der Waals surface area contributed by atoms with E-state index in [-0.39, 0.29) is 67.5 Å². The molecule has 0 aliphatic rings. The molecule has 0 heterocycles. The number of phenolic OH excluding ortho intramolecular Hbond substituents is 2. The van der Waals surface area contributed by atoms with Crippen molar-refractivity contribution in [2.24, 2.45) is 10.8 Å². The zero-order chi connectivity index (χ0) is 46.7. The number of benzene rings is 2. The van der Waals surface area contributed by atoms with Crippen molar-refractivity contribution in [1.82, 2.24) is 0 Å². The first-order valence-electron chi connectivity index (χ1n) is 20.5. The smallest absolute Gasteiger partial charge is 0.348 e. The highest BCUT2D eigenvalue weighted by Crippen LogP contribution is 2.40. The van der Waals surface area contributed by atoms with Crippen LogP contribution in [-0.2, 0) is 54.4 Å². The van der Waals surface area contributed by atoms with Gasteiger partial charge in [-0.3, -0.25) is 14.4 Å². The van der Waals surface area contributed by atoms with Crippen molar-refractivity contribution < 1.29 is 48.3 Å². The Morgan fingerprint density at radius 1 is 0.623 bits per heavy atom. The molecule has 0 aliphatic carbocycles. The van der Waals surface area contributed by atoms with Crippen LogP contribution in [0.3, 0.4) is 0 Å². The first kappa shape index (κ1) is 51.5. The molecule has 0 atom stereocenters. The lowest BCUT2D eigenvalue weighted by molar-refractivity contribution is -0.153. The van der Waals surface area contributed by atoms with Crippen molar-refractivity contribution in [3.63, 3.8) is 0 Å². The third-order valence-corrected chi connectivity index (χ3v) is 9.61. The van der Waals surface area contributed by atoms with Gasteiger partial charge in [-0.2, -0.15) is 5.26 Å². The zero-order valence-electron chi connectivity index (χ0n) is 38.7. The number of ether oxygens (including phenoxy) is 4. The minimum Gasteiger partial charge on any atom is -0.507 e. The van der Waals surface area contributed by atoms with Crippen molar-refractivity contribution in [1.29, 1.82) is 5.26 Å². The van der Waals surface area contributed by atoms with Gasteiger partial charge in [-0.15, -0.1) is 0 Å². The molecular formula is C49H66N2O10. The van der Waals surface area contributed by atoms with Crippen LogP contribution in [0.2, 0.25) is 0 Å². The van der Waals surface area contributed by atoms with Crippen LogP contribution in [0, 0.1) is 35.7 Å². The second-order valence-corrected chi connectivity index (χ2v) is 20.3. The molecule has 0 radical (unpaired) electrons. The van der Waals surface area contributed by atoms with Crippen LogP contribution in [0.15, 0.2) is 35.5 Å². The maximum Gasteiger partial charge on any atom is 0.348 e. The van der Waals surface area contributed by atoms with Gasteiger partial charge in [0.05, 0.1) is 26.4 Å². The van der Waals surface area contributed by atoms with Crippen LogP contribution in [0.25, 0.3) is 17.0 Å². The van der Waals surface area contributed by atoms with Crippen molar-refractivity contribution >= 4 is 36.0 Å². The molecule has 0 amide bonds. The molecule has 2 N–H and O–H groups in total. The predicted molar refractivity (Wildman–Crippen MR) is 235 cm³/mol. The normalized spacial score (nSPS) is 12.9. The van der Waals surface area contributed by atoms with E-state index in [9.17, 15) is 34.7 Å². The Labute approximate surface area is 362 Å². The largest absolute Gasteiger partial charge is 0.507 e. The number of nitriles is 1. The van der Waals surface area contributed by atoms with Gasteiger partial charge in [-0.25, -0.2) is 9.64 Å². The van der Waals surface area contributed by atoms with Gasteiger partial charge >= 0.3 is 23.9 Å². The summed E-state index contributed by atoms with van der Waals surface area (Å²) < 4.78 is 21.7. The molecule has 0 fully saturated rings. The Kier molecular flexibility index (Phi) is 17.5. The number of unbranched alkanes of at least 4 members (excludes halogenated alkanes) is 1. The van der Waals surface area contributed by atoms with E-state index < -0.39 is 45.5 Å². The summed E-state index contributed by atoms with van der Waals surface area (Å²) in [6.07, 6.45) is 3.74. The second-order valence-electron chi connectivity index (χ2n) is 20.3. The number of hydrogen-bond acceptors (Lipinski definition) is 11. The molecule has 2 aromatic rings. The van der Waals surface area contributed by atoms with Gasteiger partial charge in [0.2, 0.25) is 0 Å². The number of aryl methyl sites for hydroxylation is 1. The molecule has 12 nitrogen and oxygen atoms in total. The summed E-state index contributed by atoms with van der Waals surface area (Å²) in [7, 11) is 0. The summed E-state index contributed by atoms with van der Waals surface area (Å²) in [5.41, 5.74) is 0.783. The molecule has 332 valence electrons. The Hall–Kier alpha value is -5.62. The van der Waals surface area contributed by atoms with Crippen LogP contribution in [0.5, 0.6) is 11.5 Å². The summed E-state index contributed by atoms with van der Waals surface area (Å²) in [6.45, 7) is 33.8. The van der Waals surface area contributed by atoms with E-state index in [1.165, 1.54) is 12.2 Å². The molecule has 12 heteroatoms. The monoisotopic (exact) mass is 842 g/mol. The molecule has 0 saturated carbocycles. The Morgan fingerprint density at radius 2 is 1.00 bits per heavy atom. The van der Waals surface area contributed by atoms with E-state index in [2.05, 4.69) is 4.85 Å². The van der Waals surface area contributed by atoms with Crippen molar-refractivity contribution in [3.05, 3.63) is 80.3 Å². The van der Waals surface area contributed by atoms with Crippen LogP contribution in [0.1, 0.15) is 149 Å². The van der Waals surface area contributed by atoms with E-state index in [0.29, 0.717) is 46.2 Å². The van der Waals surface area contributed by atoms with Gasteiger partial charge in [0, 0.05) is 40.4 Å². The summed E-state index contributed by atoms with van der Waals surface area (Å²) in [5, 5.41) is 31.2. The second kappa shape index (κ2) is 20.8. The lowest BCUT2D eigenvalue weighted by atomic mass is 9.78. The SMILES string of the molecule is [C-]#[N+]C(=Cc1cc(C(C)(C)C)c(O)c(C(C)(C)C)c1)C(=O)OCC(C)(C)COC(=O)CCCCC(=O)OCC(C)(C)COC(=O)C(C#N)=Cc1cc(C)c(O)c(C(C)(C)C)c1. The van der Waals surface area contributed by atoms with E-state index in [4.69, 9.17) is 25.5 Å². The van der Waals surface area contributed by atoms with Gasteiger partial charge in [-0.05, 0) is 89.1 Å². The molecule has 61 heavy (non-hydrogen) atoms. The summed E-state index contributed by atoms with van der Waals surface area (Å²) >= 11 is 0. The fraction of sp³-hybridized carbons (Fsp3) is 0.551. The molecule has 0 saturated heterocycles. The summed E-state index contributed by atoms with van der Waals surface area (Å²) in [5.74, 6) is -2.23. The van der Waals surface area contributed by atoms with Crippen LogP contribution in [0.4, 0.5) is 0 Å². The predicted octanol–water partition coefficient (Wildman–Crippen LogP) is 9.95. The summed E-state index contributed by atoms with van der Waals surface area (Å²) in [6, 6.07) is 8.85. The van der Waals surface area contributed by atoms with Crippen molar-refractivity contribution in [2.45, 2.75) is 139 Å². The maximum atomic E-state index is 13.0. The van der Waals surface area contributed by atoms with Gasteiger partial charge in [0.1, 0.15) is 29.7 Å². The fourth-order valence-electron chi connectivity index (χ4n) is 5.94. The highest BCUT2D eigenvalue weighted by atomic mass is 16.6. The van der Waals surface area contributed by atoms with Crippen molar-refractivity contribution in [2.75, 3.05) is 26.4 Å². The number of carbonyl (C=O) groups is 4. The number of nitrogens with zero attached hydrogens (tertiary/aromatic N) is 2. The minimum atomic E-state index is -0.820. The van der Waals surface area contributed by atoms with Gasteiger partial charge in [-0.1, -0.05) is 90.0 Å². The average Bonchev–Trinajstić information content (AvgIpc) is 3.14. The lowest BCUT2D eigenvalue weighted by Gasteiger charge is -2.28. The Morgan fingerprint density at radius 3 is 1.39 bits per heavy atom. The summed E-state index contributed by atoms with van der Waals surface area (Å²) in [4.78, 5) is 54.2. The molecule has 0 unspecified atom stereocenters. The number of phenols is 2. The number of carbonyl (C=O) groups excluding carboxylic acids is 4. The van der Waals surface area contributed by atoms with E-state index in [1.807, 2.05) is 68.4 Å². The van der Waals surface area contributed by atoms with E-state index in [0.717, 1.165) is 0 Å². The van der Waals surface area contributed by atoms with Gasteiger partial charge in [0.15, 0.2) is 0 Å². The van der Waals surface area contributed by atoms with Crippen molar-refractivity contribution in [3.8, 4) is 17.6 Å². The standard InChI is InChI=1S/C49H66N2O10/c1-31-20-32(22-35(41(31)54)45(2,3)4)21-34(26-50)43(56)60-29-48(11,12)27-58-39(52)18-16-17-19-40(53)59-28-49(13,14)30-61-44(57)38(51-15)25-33-23-36(46(5,6)7)42(55)37(24-33)47(8,9)10/h20-25,54-55H,16-19,27-30H2,1-14H3. The number of rotatable bonds is 17. The molecule has 0 aromatic heterocycles. The van der Waals surface area contributed by atoms with E-state index >= 15 is 0 Å². The van der Waals surface area contributed by atoms with Crippen LogP contribution < -0.4 is 0 Å². The third kappa shape index (κ3) is 16.4. The topological polar surface area (TPSA) is 174 Å². The van der Waals surface area contributed by atoms with Crippen LogP contribution in [-0.4, -0.2) is 60.5 Å². The molecule has 0 spiro atoms.